The average Bonchev–Trinajstić information content (AvgIpc) is 2.30. The molecule has 0 N–H and O–H groups in total. The van der Waals surface area contributed by atoms with E-state index in [2.05, 4.69) is 21.1 Å². The molecule has 2 rings (SSSR count). The van der Waals surface area contributed by atoms with Gasteiger partial charge < -0.3 is 4.74 Å². The summed E-state index contributed by atoms with van der Waals surface area (Å²) in [6.45, 7) is 0. The zero-order chi connectivity index (χ0) is 9.80. The highest BCUT2D eigenvalue weighted by molar-refractivity contribution is 5.59. The number of hydrogen-bond acceptors (Lipinski definition) is 4. The van der Waals surface area contributed by atoms with Crippen LogP contribution in [0.2, 0.25) is 0 Å². The van der Waals surface area contributed by atoms with Gasteiger partial charge in [0.25, 0.3) is 0 Å². The summed E-state index contributed by atoms with van der Waals surface area (Å²) in [7, 11) is 1.54. The fourth-order valence-corrected chi connectivity index (χ4v) is 1.06. The van der Waals surface area contributed by atoms with Crippen LogP contribution in [-0.2, 0) is 0 Å². The summed E-state index contributed by atoms with van der Waals surface area (Å²) in [5.41, 5.74) is 1.87. The fourth-order valence-electron chi connectivity index (χ4n) is 1.06. The predicted octanol–water partition coefficient (Wildman–Crippen LogP) is 1.35. The number of methoxy groups -OCH3 is 1. The Hall–Kier alpha value is -1.97. The summed E-state index contributed by atoms with van der Waals surface area (Å²) in [4.78, 5) is 11.9. The Morgan fingerprint density at radius 3 is 2.50 bits per heavy atom. The normalized spacial score (nSPS) is 9.79. The third kappa shape index (κ3) is 1.69. The molecule has 0 spiro atoms. The summed E-state index contributed by atoms with van der Waals surface area (Å²) in [6.07, 6.45) is 7.82. The Kier molecular flexibility index (Phi) is 2.36. The topological polar surface area (TPSA) is 47.9 Å². The predicted molar refractivity (Wildman–Crippen MR) is 50.7 cm³/mol. The number of hydrogen-bond donors (Lipinski definition) is 0. The minimum absolute atomic E-state index is 0.365. The Bertz CT molecular complexity index is 399. The smallest absolute Gasteiger partial charge is 0.316 e. The standard InChI is InChI=1S/C10H8N3O/c1-14-10-12-6-9(7-13-10)8-3-2-4-11-5-8/h2-3,5-7H,1H3. The molecule has 0 aliphatic rings. The minimum Gasteiger partial charge on any atom is -0.467 e. The first-order chi connectivity index (χ1) is 6.90. The van der Waals surface area contributed by atoms with Crippen molar-refractivity contribution in [3.8, 4) is 17.1 Å². The van der Waals surface area contributed by atoms with Crippen molar-refractivity contribution in [1.82, 2.24) is 15.0 Å². The van der Waals surface area contributed by atoms with Gasteiger partial charge in [0.15, 0.2) is 0 Å². The van der Waals surface area contributed by atoms with Crippen LogP contribution >= 0.6 is 0 Å². The second-order valence-corrected chi connectivity index (χ2v) is 2.63. The Labute approximate surface area is 81.6 Å². The van der Waals surface area contributed by atoms with E-state index in [0.29, 0.717) is 6.01 Å². The minimum atomic E-state index is 0.365. The van der Waals surface area contributed by atoms with Gasteiger partial charge in [0.05, 0.1) is 13.3 Å². The first-order valence-electron chi connectivity index (χ1n) is 4.08. The number of aromatic nitrogens is 3. The summed E-state index contributed by atoms with van der Waals surface area (Å²) in [5.74, 6) is 0. The second-order valence-electron chi connectivity index (χ2n) is 2.63. The van der Waals surface area contributed by atoms with Crippen LogP contribution in [0.3, 0.4) is 0 Å². The van der Waals surface area contributed by atoms with Gasteiger partial charge in [0, 0.05) is 29.7 Å². The van der Waals surface area contributed by atoms with Crippen LogP contribution < -0.4 is 4.74 Å². The van der Waals surface area contributed by atoms with Gasteiger partial charge in [-0.1, -0.05) is 6.07 Å². The van der Waals surface area contributed by atoms with E-state index in [9.17, 15) is 0 Å². The van der Waals surface area contributed by atoms with E-state index >= 15 is 0 Å². The maximum atomic E-state index is 4.86. The molecule has 2 aromatic rings. The molecule has 1 radical (unpaired) electrons. The number of pyridine rings is 1. The molecule has 0 fully saturated rings. The summed E-state index contributed by atoms with van der Waals surface area (Å²) >= 11 is 0. The molecule has 2 aromatic heterocycles. The fraction of sp³-hybridized carbons (Fsp3) is 0.100. The summed E-state index contributed by atoms with van der Waals surface area (Å²) in [6, 6.07) is 4.02. The first kappa shape index (κ1) is 8.62. The van der Waals surface area contributed by atoms with E-state index in [-0.39, 0.29) is 0 Å². The van der Waals surface area contributed by atoms with Crippen LogP contribution in [0.15, 0.2) is 30.7 Å². The van der Waals surface area contributed by atoms with Crippen molar-refractivity contribution < 1.29 is 4.74 Å². The maximum absolute atomic E-state index is 4.86. The van der Waals surface area contributed by atoms with Gasteiger partial charge in [0.1, 0.15) is 0 Å². The largest absolute Gasteiger partial charge is 0.467 e. The van der Waals surface area contributed by atoms with Crippen molar-refractivity contribution in [2.75, 3.05) is 7.11 Å². The number of rotatable bonds is 2. The number of ether oxygens (including phenoxy) is 1. The van der Waals surface area contributed by atoms with Gasteiger partial charge >= 0.3 is 6.01 Å². The molecule has 69 valence electrons. The van der Waals surface area contributed by atoms with Crippen molar-refractivity contribution in [3.05, 3.63) is 36.9 Å². The number of nitrogens with zero attached hydrogens (tertiary/aromatic N) is 3. The third-order valence-corrected chi connectivity index (χ3v) is 1.76. The van der Waals surface area contributed by atoms with Crippen LogP contribution in [-0.4, -0.2) is 22.1 Å². The highest BCUT2D eigenvalue weighted by Gasteiger charge is 1.99. The highest BCUT2D eigenvalue weighted by Crippen LogP contribution is 2.16. The monoisotopic (exact) mass is 186 g/mol. The van der Waals surface area contributed by atoms with Gasteiger partial charge in [0.2, 0.25) is 0 Å². The van der Waals surface area contributed by atoms with Crippen LogP contribution in [0.25, 0.3) is 11.1 Å². The third-order valence-electron chi connectivity index (χ3n) is 1.76. The molecule has 0 aromatic carbocycles. The van der Waals surface area contributed by atoms with Gasteiger partial charge in [-0.3, -0.25) is 4.98 Å². The molecule has 14 heavy (non-hydrogen) atoms. The summed E-state index contributed by atoms with van der Waals surface area (Å²) in [5, 5.41) is 0. The molecule has 0 saturated carbocycles. The molecule has 0 unspecified atom stereocenters. The van der Waals surface area contributed by atoms with Crippen molar-refractivity contribution >= 4 is 0 Å². The van der Waals surface area contributed by atoms with Crippen molar-refractivity contribution in [2.45, 2.75) is 0 Å². The SMILES string of the molecule is COc1ncc(-c2cc[c]nc2)cn1. The van der Waals surface area contributed by atoms with Crippen LogP contribution in [0, 0.1) is 6.20 Å². The van der Waals surface area contributed by atoms with Crippen molar-refractivity contribution in [2.24, 2.45) is 0 Å². The van der Waals surface area contributed by atoms with Gasteiger partial charge in [-0.25, -0.2) is 9.97 Å². The van der Waals surface area contributed by atoms with E-state index in [0.717, 1.165) is 11.1 Å². The molecular formula is C10H8N3O. The van der Waals surface area contributed by atoms with Crippen molar-refractivity contribution in [3.63, 3.8) is 0 Å². The molecule has 0 amide bonds. The zero-order valence-electron chi connectivity index (χ0n) is 7.64. The highest BCUT2D eigenvalue weighted by atomic mass is 16.5. The Morgan fingerprint density at radius 2 is 1.93 bits per heavy atom. The molecule has 0 saturated heterocycles. The first-order valence-corrected chi connectivity index (χ1v) is 4.08. The molecule has 0 aliphatic heterocycles. The molecule has 0 bridgehead atoms. The molecule has 2 heterocycles. The van der Waals surface area contributed by atoms with E-state index in [4.69, 9.17) is 4.74 Å². The zero-order valence-corrected chi connectivity index (χ0v) is 7.64. The maximum Gasteiger partial charge on any atom is 0.316 e. The molecule has 0 atom stereocenters. The van der Waals surface area contributed by atoms with E-state index in [1.54, 1.807) is 24.7 Å². The quantitative estimate of drug-likeness (QED) is 0.710. The second kappa shape index (κ2) is 3.83. The van der Waals surface area contributed by atoms with Gasteiger partial charge in [-0.05, 0) is 6.07 Å². The van der Waals surface area contributed by atoms with Gasteiger partial charge in [-0.2, -0.15) is 0 Å². The van der Waals surface area contributed by atoms with Crippen LogP contribution in [0.1, 0.15) is 0 Å². The Balaban J connectivity index is 2.34. The van der Waals surface area contributed by atoms with Crippen LogP contribution in [0.4, 0.5) is 0 Å². The molecule has 4 heteroatoms. The average molecular weight is 186 g/mol. The van der Waals surface area contributed by atoms with Crippen LogP contribution in [0.5, 0.6) is 6.01 Å². The van der Waals surface area contributed by atoms with Gasteiger partial charge in [-0.15, -0.1) is 0 Å². The molecule has 4 nitrogen and oxygen atoms in total. The lowest BCUT2D eigenvalue weighted by molar-refractivity contribution is 0.380. The lowest BCUT2D eigenvalue weighted by Crippen LogP contribution is -1.91. The lowest BCUT2D eigenvalue weighted by Gasteiger charge is -2.00. The Morgan fingerprint density at radius 1 is 1.14 bits per heavy atom. The van der Waals surface area contributed by atoms with Crippen molar-refractivity contribution in [1.29, 1.82) is 0 Å². The van der Waals surface area contributed by atoms with E-state index in [1.165, 1.54) is 7.11 Å². The molecule has 0 aliphatic carbocycles. The summed E-state index contributed by atoms with van der Waals surface area (Å²) < 4.78 is 4.86. The lowest BCUT2D eigenvalue weighted by atomic mass is 10.2. The molecular weight excluding hydrogens is 178 g/mol. The van der Waals surface area contributed by atoms with E-state index < -0.39 is 0 Å². The van der Waals surface area contributed by atoms with E-state index in [1.807, 2.05) is 6.07 Å².